The van der Waals surface area contributed by atoms with Crippen LogP contribution in [-0.4, -0.2) is 6.61 Å². The summed E-state index contributed by atoms with van der Waals surface area (Å²) in [5, 5.41) is 0. The van der Waals surface area contributed by atoms with E-state index in [9.17, 15) is 0 Å². The van der Waals surface area contributed by atoms with Crippen LogP contribution in [0.25, 0.3) is 0 Å². The first kappa shape index (κ1) is 15.6. The Morgan fingerprint density at radius 1 is 1.05 bits per heavy atom. The number of hydrogen-bond donors (Lipinski definition) is 0. The molecule has 0 aliphatic rings. The molecule has 2 rings (SSSR count). The summed E-state index contributed by atoms with van der Waals surface area (Å²) in [5.74, 6) is 0.942. The molecule has 0 saturated carbocycles. The maximum Gasteiger partial charge on any atom is 0.123 e. The van der Waals surface area contributed by atoms with Crippen molar-refractivity contribution in [2.24, 2.45) is 0 Å². The molecule has 2 aromatic rings. The molecule has 0 radical (unpaired) electrons. The first-order valence-electron chi connectivity index (χ1n) is 6.65. The van der Waals surface area contributed by atoms with Crippen molar-refractivity contribution in [1.29, 1.82) is 0 Å². The summed E-state index contributed by atoms with van der Waals surface area (Å²) in [5.41, 5.74) is 4.87. The highest BCUT2D eigenvalue weighted by Crippen LogP contribution is 2.38. The SMILES string of the molecule is CCOc1ccc(C)cc1C(Br)c1cc(C)cc(Br)c1. The van der Waals surface area contributed by atoms with Crippen molar-refractivity contribution in [3.8, 4) is 5.75 Å². The average molecular weight is 398 g/mol. The Kier molecular flexibility index (Phi) is 5.28. The molecule has 1 nitrogen and oxygen atoms in total. The van der Waals surface area contributed by atoms with Gasteiger partial charge in [0, 0.05) is 10.0 Å². The zero-order valence-corrected chi connectivity index (χ0v) is 15.1. The van der Waals surface area contributed by atoms with E-state index in [4.69, 9.17) is 4.74 Å². The lowest BCUT2D eigenvalue weighted by molar-refractivity contribution is 0.337. The summed E-state index contributed by atoms with van der Waals surface area (Å²) in [6.07, 6.45) is 0. The van der Waals surface area contributed by atoms with E-state index in [1.54, 1.807) is 0 Å². The zero-order chi connectivity index (χ0) is 14.7. The average Bonchev–Trinajstić information content (AvgIpc) is 2.39. The molecule has 0 aliphatic carbocycles. The molecule has 0 N–H and O–H groups in total. The van der Waals surface area contributed by atoms with Crippen LogP contribution in [0.2, 0.25) is 0 Å². The third kappa shape index (κ3) is 3.64. The van der Waals surface area contributed by atoms with Gasteiger partial charge in [-0.2, -0.15) is 0 Å². The molecule has 2 aromatic carbocycles. The van der Waals surface area contributed by atoms with Gasteiger partial charge in [-0.05, 0) is 50.1 Å². The second-order valence-electron chi connectivity index (χ2n) is 4.90. The van der Waals surface area contributed by atoms with Gasteiger partial charge in [-0.1, -0.05) is 55.6 Å². The Morgan fingerprint density at radius 2 is 1.80 bits per heavy atom. The van der Waals surface area contributed by atoms with Crippen molar-refractivity contribution in [2.45, 2.75) is 25.6 Å². The van der Waals surface area contributed by atoms with Gasteiger partial charge in [-0.25, -0.2) is 0 Å². The highest BCUT2D eigenvalue weighted by atomic mass is 79.9. The number of alkyl halides is 1. The molecule has 106 valence electrons. The molecule has 3 heteroatoms. The molecule has 0 amide bonds. The largest absolute Gasteiger partial charge is 0.494 e. The molecular weight excluding hydrogens is 380 g/mol. The van der Waals surface area contributed by atoms with Crippen molar-refractivity contribution in [3.05, 3.63) is 63.1 Å². The Labute approximate surface area is 137 Å². The zero-order valence-electron chi connectivity index (χ0n) is 11.9. The summed E-state index contributed by atoms with van der Waals surface area (Å²) in [6.45, 7) is 6.89. The van der Waals surface area contributed by atoms with Crippen LogP contribution >= 0.6 is 31.9 Å². The Hall–Kier alpha value is -0.800. The molecule has 0 heterocycles. The summed E-state index contributed by atoms with van der Waals surface area (Å²) in [4.78, 5) is 0.125. The van der Waals surface area contributed by atoms with E-state index in [0.29, 0.717) is 6.61 Å². The number of ether oxygens (including phenoxy) is 1. The van der Waals surface area contributed by atoms with E-state index in [-0.39, 0.29) is 4.83 Å². The van der Waals surface area contributed by atoms with Crippen LogP contribution in [0.15, 0.2) is 40.9 Å². The van der Waals surface area contributed by atoms with Crippen LogP contribution in [-0.2, 0) is 0 Å². The minimum atomic E-state index is 0.125. The third-order valence-corrected chi connectivity index (χ3v) is 4.58. The quantitative estimate of drug-likeness (QED) is 0.579. The monoisotopic (exact) mass is 396 g/mol. The Bertz CT molecular complexity index is 588. The molecule has 1 atom stereocenters. The van der Waals surface area contributed by atoms with Crippen molar-refractivity contribution >= 4 is 31.9 Å². The first-order chi connectivity index (χ1) is 9.51. The maximum absolute atomic E-state index is 5.75. The van der Waals surface area contributed by atoms with E-state index in [1.807, 2.05) is 13.0 Å². The maximum atomic E-state index is 5.75. The Morgan fingerprint density at radius 3 is 2.45 bits per heavy atom. The number of benzene rings is 2. The Balaban J connectivity index is 2.46. The fraction of sp³-hybridized carbons (Fsp3) is 0.294. The highest BCUT2D eigenvalue weighted by Gasteiger charge is 2.16. The van der Waals surface area contributed by atoms with E-state index in [1.165, 1.54) is 22.3 Å². The molecule has 20 heavy (non-hydrogen) atoms. The molecule has 0 spiro atoms. The first-order valence-corrected chi connectivity index (χ1v) is 8.36. The molecule has 0 aliphatic heterocycles. The van der Waals surface area contributed by atoms with Crippen molar-refractivity contribution < 1.29 is 4.74 Å². The molecule has 1 unspecified atom stereocenters. The number of rotatable bonds is 4. The van der Waals surface area contributed by atoms with Crippen molar-refractivity contribution in [3.63, 3.8) is 0 Å². The third-order valence-electron chi connectivity index (χ3n) is 3.10. The molecule has 0 saturated heterocycles. The second-order valence-corrected chi connectivity index (χ2v) is 6.73. The standard InChI is InChI=1S/C17H18Br2O/c1-4-20-16-6-5-11(2)9-15(16)17(19)13-7-12(3)8-14(18)10-13/h5-10,17H,4H2,1-3H3. The fourth-order valence-corrected chi connectivity index (χ4v) is 3.49. The predicted octanol–water partition coefficient (Wildman–Crippen LogP) is 5.95. The van der Waals surface area contributed by atoms with Gasteiger partial charge in [0.1, 0.15) is 5.75 Å². The van der Waals surface area contributed by atoms with Gasteiger partial charge in [0.15, 0.2) is 0 Å². The van der Waals surface area contributed by atoms with Crippen LogP contribution in [0, 0.1) is 13.8 Å². The molecule has 0 fully saturated rings. The van der Waals surface area contributed by atoms with Crippen LogP contribution in [0.4, 0.5) is 0 Å². The van der Waals surface area contributed by atoms with Crippen molar-refractivity contribution in [2.75, 3.05) is 6.61 Å². The minimum Gasteiger partial charge on any atom is -0.494 e. The smallest absolute Gasteiger partial charge is 0.123 e. The molecule has 0 aromatic heterocycles. The number of halogens is 2. The van der Waals surface area contributed by atoms with Gasteiger partial charge < -0.3 is 4.74 Å². The van der Waals surface area contributed by atoms with Gasteiger partial charge in [-0.15, -0.1) is 0 Å². The van der Waals surface area contributed by atoms with Crippen LogP contribution in [0.5, 0.6) is 5.75 Å². The van der Waals surface area contributed by atoms with E-state index in [0.717, 1.165) is 10.2 Å². The molecule has 0 bridgehead atoms. The van der Waals surface area contributed by atoms with Gasteiger partial charge in [0.25, 0.3) is 0 Å². The van der Waals surface area contributed by atoms with E-state index >= 15 is 0 Å². The topological polar surface area (TPSA) is 9.23 Å². The van der Waals surface area contributed by atoms with Gasteiger partial charge in [0.05, 0.1) is 11.4 Å². The summed E-state index contributed by atoms with van der Waals surface area (Å²) in [6, 6.07) is 12.8. The fourth-order valence-electron chi connectivity index (χ4n) is 2.24. The van der Waals surface area contributed by atoms with Gasteiger partial charge >= 0.3 is 0 Å². The van der Waals surface area contributed by atoms with Crippen molar-refractivity contribution in [1.82, 2.24) is 0 Å². The van der Waals surface area contributed by atoms with E-state index in [2.05, 4.69) is 76.0 Å². The lowest BCUT2D eigenvalue weighted by atomic mass is 10.0. The number of hydrogen-bond acceptors (Lipinski definition) is 1. The number of aryl methyl sites for hydroxylation is 2. The molecular formula is C17H18Br2O. The summed E-state index contributed by atoms with van der Waals surface area (Å²) >= 11 is 7.38. The predicted molar refractivity (Wildman–Crippen MR) is 92.0 cm³/mol. The van der Waals surface area contributed by atoms with E-state index < -0.39 is 0 Å². The minimum absolute atomic E-state index is 0.125. The van der Waals surface area contributed by atoms with Crippen LogP contribution < -0.4 is 4.74 Å². The van der Waals surface area contributed by atoms with Crippen LogP contribution in [0.1, 0.15) is 34.0 Å². The van der Waals surface area contributed by atoms with Crippen LogP contribution in [0.3, 0.4) is 0 Å². The second kappa shape index (κ2) is 6.77. The summed E-state index contributed by atoms with van der Waals surface area (Å²) in [7, 11) is 0. The summed E-state index contributed by atoms with van der Waals surface area (Å²) < 4.78 is 6.85. The highest BCUT2D eigenvalue weighted by molar-refractivity contribution is 9.10. The van der Waals surface area contributed by atoms with Gasteiger partial charge in [-0.3, -0.25) is 0 Å². The lowest BCUT2D eigenvalue weighted by Crippen LogP contribution is -2.01. The lowest BCUT2D eigenvalue weighted by Gasteiger charge is -2.17. The normalized spacial score (nSPS) is 12.2. The van der Waals surface area contributed by atoms with Gasteiger partial charge in [0.2, 0.25) is 0 Å².